The number of carboxylic acids is 1. The van der Waals surface area contributed by atoms with E-state index in [1.54, 1.807) is 0 Å². The van der Waals surface area contributed by atoms with E-state index in [1.807, 2.05) is 43.3 Å². The number of aryl methyl sites for hydroxylation is 2. The summed E-state index contributed by atoms with van der Waals surface area (Å²) in [6.07, 6.45) is 0.507. The molecule has 104 valence electrons. The summed E-state index contributed by atoms with van der Waals surface area (Å²) in [4.78, 5) is 11.6. The van der Waals surface area contributed by atoms with Crippen LogP contribution in [0.25, 0.3) is 0 Å². The highest BCUT2D eigenvalue weighted by Crippen LogP contribution is 2.25. The zero-order valence-corrected chi connectivity index (χ0v) is 13.1. The number of benzene rings is 2. The molecule has 0 fully saturated rings. The van der Waals surface area contributed by atoms with E-state index in [-0.39, 0.29) is 0 Å². The Hall–Kier alpha value is -1.61. The van der Waals surface area contributed by atoms with Gasteiger partial charge >= 0.3 is 5.97 Å². The van der Waals surface area contributed by atoms with Gasteiger partial charge < -0.3 is 5.11 Å². The number of halogens is 1. The summed E-state index contributed by atoms with van der Waals surface area (Å²) < 4.78 is 0.904. The summed E-state index contributed by atoms with van der Waals surface area (Å²) in [5, 5.41) is 9.49. The molecule has 20 heavy (non-hydrogen) atoms. The predicted octanol–water partition coefficient (Wildman–Crippen LogP) is 4.48. The van der Waals surface area contributed by atoms with Crippen molar-refractivity contribution in [3.63, 3.8) is 0 Å². The Kier molecular flexibility index (Phi) is 4.61. The van der Waals surface area contributed by atoms with Crippen LogP contribution in [-0.4, -0.2) is 11.1 Å². The van der Waals surface area contributed by atoms with Gasteiger partial charge in [0.25, 0.3) is 0 Å². The van der Waals surface area contributed by atoms with Crippen molar-refractivity contribution in [2.45, 2.75) is 26.2 Å². The van der Waals surface area contributed by atoms with Crippen LogP contribution in [0.5, 0.6) is 0 Å². The van der Waals surface area contributed by atoms with E-state index in [0.29, 0.717) is 6.42 Å². The van der Waals surface area contributed by atoms with Gasteiger partial charge in [0.05, 0.1) is 5.92 Å². The molecule has 3 heteroatoms. The minimum atomic E-state index is -0.790. The van der Waals surface area contributed by atoms with Gasteiger partial charge in [0.1, 0.15) is 0 Å². The maximum Gasteiger partial charge on any atom is 0.311 e. The highest BCUT2D eigenvalue weighted by atomic mass is 79.9. The molecule has 0 aliphatic rings. The van der Waals surface area contributed by atoms with Gasteiger partial charge in [-0.15, -0.1) is 0 Å². The number of carboxylic acid groups (broad SMARTS) is 1. The van der Waals surface area contributed by atoms with E-state index in [4.69, 9.17) is 0 Å². The quantitative estimate of drug-likeness (QED) is 0.896. The van der Waals surface area contributed by atoms with Gasteiger partial charge in [0.2, 0.25) is 0 Å². The van der Waals surface area contributed by atoms with Crippen molar-refractivity contribution in [2.24, 2.45) is 0 Å². The molecule has 1 N–H and O–H groups in total. The number of rotatable bonds is 4. The van der Waals surface area contributed by atoms with E-state index in [2.05, 4.69) is 28.9 Å². The largest absolute Gasteiger partial charge is 0.481 e. The standard InChI is InChI=1S/C17H17BrO2/c1-11-6-7-13(8-12(11)2)9-16(17(19)20)14-4-3-5-15(18)10-14/h3-8,10,16H,9H2,1-2H3,(H,19,20)/t16-/m0/s1. The fourth-order valence-electron chi connectivity index (χ4n) is 2.24. The molecule has 0 radical (unpaired) electrons. The average molecular weight is 333 g/mol. The molecule has 2 aromatic carbocycles. The minimum Gasteiger partial charge on any atom is -0.481 e. The lowest BCUT2D eigenvalue weighted by molar-refractivity contribution is -0.138. The summed E-state index contributed by atoms with van der Waals surface area (Å²) in [5.74, 6) is -1.31. The van der Waals surface area contributed by atoms with E-state index in [1.165, 1.54) is 11.1 Å². The normalized spacial score (nSPS) is 12.2. The van der Waals surface area contributed by atoms with Gasteiger partial charge in [0.15, 0.2) is 0 Å². The Balaban J connectivity index is 2.30. The number of carbonyl (C=O) groups is 1. The summed E-state index contributed by atoms with van der Waals surface area (Å²) in [7, 11) is 0. The van der Waals surface area contributed by atoms with Crippen LogP contribution in [-0.2, 0) is 11.2 Å². The molecule has 0 amide bonds. The molecule has 0 unspecified atom stereocenters. The Morgan fingerprint density at radius 3 is 2.50 bits per heavy atom. The molecule has 0 aliphatic heterocycles. The highest BCUT2D eigenvalue weighted by molar-refractivity contribution is 9.10. The van der Waals surface area contributed by atoms with Crippen LogP contribution in [0.4, 0.5) is 0 Å². The first-order valence-corrected chi connectivity index (χ1v) is 7.31. The van der Waals surface area contributed by atoms with Crippen molar-refractivity contribution >= 4 is 21.9 Å². The lowest BCUT2D eigenvalue weighted by atomic mass is 9.91. The third-order valence-electron chi connectivity index (χ3n) is 3.56. The van der Waals surface area contributed by atoms with Crippen LogP contribution in [0.3, 0.4) is 0 Å². The Morgan fingerprint density at radius 2 is 1.90 bits per heavy atom. The van der Waals surface area contributed by atoms with Gasteiger partial charge in [-0.05, 0) is 54.7 Å². The first-order valence-electron chi connectivity index (χ1n) is 6.52. The second kappa shape index (κ2) is 6.23. The molecule has 0 spiro atoms. The van der Waals surface area contributed by atoms with Gasteiger partial charge in [-0.1, -0.05) is 46.3 Å². The van der Waals surface area contributed by atoms with E-state index in [0.717, 1.165) is 15.6 Å². The number of hydrogen-bond acceptors (Lipinski definition) is 1. The molecule has 0 heterocycles. The Labute approximate surface area is 127 Å². The monoisotopic (exact) mass is 332 g/mol. The lowest BCUT2D eigenvalue weighted by Gasteiger charge is -2.14. The minimum absolute atomic E-state index is 0.507. The van der Waals surface area contributed by atoms with Crippen molar-refractivity contribution in [3.05, 3.63) is 69.2 Å². The summed E-state index contributed by atoms with van der Waals surface area (Å²) in [6.45, 7) is 4.11. The van der Waals surface area contributed by atoms with Crippen molar-refractivity contribution in [3.8, 4) is 0 Å². The molecular formula is C17H17BrO2. The van der Waals surface area contributed by atoms with Crippen LogP contribution in [0.2, 0.25) is 0 Å². The smallest absolute Gasteiger partial charge is 0.311 e. The summed E-state index contributed by atoms with van der Waals surface area (Å²) >= 11 is 3.39. The fourth-order valence-corrected chi connectivity index (χ4v) is 2.65. The highest BCUT2D eigenvalue weighted by Gasteiger charge is 2.20. The van der Waals surface area contributed by atoms with Crippen molar-refractivity contribution < 1.29 is 9.90 Å². The third-order valence-corrected chi connectivity index (χ3v) is 4.05. The van der Waals surface area contributed by atoms with E-state index in [9.17, 15) is 9.90 Å². The zero-order chi connectivity index (χ0) is 14.7. The average Bonchev–Trinajstić information content (AvgIpc) is 2.39. The first-order chi connectivity index (χ1) is 9.47. The predicted molar refractivity (Wildman–Crippen MR) is 84.1 cm³/mol. The molecule has 0 aromatic heterocycles. The zero-order valence-electron chi connectivity index (χ0n) is 11.6. The van der Waals surface area contributed by atoms with Crippen molar-refractivity contribution in [1.82, 2.24) is 0 Å². The summed E-state index contributed by atoms with van der Waals surface area (Å²) in [5.41, 5.74) is 4.30. The van der Waals surface area contributed by atoms with Crippen LogP contribution in [0, 0.1) is 13.8 Å². The van der Waals surface area contributed by atoms with Crippen LogP contribution < -0.4 is 0 Å². The van der Waals surface area contributed by atoms with Gasteiger partial charge in [-0.3, -0.25) is 4.79 Å². The SMILES string of the molecule is Cc1ccc(C[C@H](C(=O)O)c2cccc(Br)c2)cc1C. The lowest BCUT2D eigenvalue weighted by Crippen LogP contribution is -2.14. The Morgan fingerprint density at radius 1 is 1.15 bits per heavy atom. The summed E-state index contributed by atoms with van der Waals surface area (Å²) in [6, 6.07) is 13.6. The molecule has 0 saturated heterocycles. The first kappa shape index (κ1) is 14.8. The molecule has 0 saturated carbocycles. The molecule has 0 aliphatic carbocycles. The van der Waals surface area contributed by atoms with Crippen molar-refractivity contribution in [1.29, 1.82) is 0 Å². The molecule has 2 nitrogen and oxygen atoms in total. The molecule has 2 rings (SSSR count). The number of aliphatic carboxylic acids is 1. The Bertz CT molecular complexity index is 635. The van der Waals surface area contributed by atoms with E-state index >= 15 is 0 Å². The van der Waals surface area contributed by atoms with E-state index < -0.39 is 11.9 Å². The number of hydrogen-bond donors (Lipinski definition) is 1. The topological polar surface area (TPSA) is 37.3 Å². The molecule has 2 aromatic rings. The van der Waals surface area contributed by atoms with Crippen LogP contribution in [0.1, 0.15) is 28.2 Å². The van der Waals surface area contributed by atoms with Gasteiger partial charge in [-0.25, -0.2) is 0 Å². The maximum absolute atomic E-state index is 11.6. The van der Waals surface area contributed by atoms with Crippen LogP contribution in [0.15, 0.2) is 46.9 Å². The molecular weight excluding hydrogens is 316 g/mol. The third kappa shape index (κ3) is 3.48. The maximum atomic E-state index is 11.6. The second-order valence-corrected chi connectivity index (χ2v) is 5.98. The molecule has 0 bridgehead atoms. The molecule has 1 atom stereocenters. The van der Waals surface area contributed by atoms with Gasteiger partial charge in [0, 0.05) is 4.47 Å². The van der Waals surface area contributed by atoms with Crippen LogP contribution >= 0.6 is 15.9 Å². The van der Waals surface area contributed by atoms with Crippen molar-refractivity contribution in [2.75, 3.05) is 0 Å². The fraction of sp³-hybridized carbons (Fsp3) is 0.235. The van der Waals surface area contributed by atoms with Gasteiger partial charge in [-0.2, -0.15) is 0 Å². The second-order valence-electron chi connectivity index (χ2n) is 5.07.